The maximum Gasteiger partial charge on any atom is 0.226 e. The number of nitrogens with one attached hydrogen (secondary N) is 2. The fraction of sp³-hybridized carbons (Fsp3) is 0.179. The molecule has 0 radical (unpaired) electrons. The molecule has 3 heterocycles. The molecular formula is C28H26FN5O2S. The summed E-state index contributed by atoms with van der Waals surface area (Å²) in [6, 6.07) is 23.2. The number of methoxy groups -OCH3 is 1. The second-order valence-corrected chi connectivity index (χ2v) is 8.99. The van der Waals surface area contributed by atoms with Gasteiger partial charge in [-0.15, -0.1) is 0 Å². The van der Waals surface area contributed by atoms with Gasteiger partial charge in [-0.1, -0.05) is 24.3 Å². The highest BCUT2D eigenvalue weighted by atomic mass is 32.1. The molecule has 0 bridgehead atoms. The van der Waals surface area contributed by atoms with Gasteiger partial charge in [0.1, 0.15) is 11.6 Å². The fourth-order valence-electron chi connectivity index (χ4n) is 4.60. The van der Waals surface area contributed by atoms with E-state index in [0.717, 1.165) is 22.8 Å². The van der Waals surface area contributed by atoms with Crippen LogP contribution in [0.3, 0.4) is 0 Å². The molecule has 0 aliphatic carbocycles. The Labute approximate surface area is 219 Å². The number of aromatic nitrogens is 2. The number of carbonyl (C=O) groups excluding carboxylic acids is 1. The highest BCUT2D eigenvalue weighted by Crippen LogP contribution is 2.39. The van der Waals surface area contributed by atoms with Gasteiger partial charge in [0.05, 0.1) is 30.6 Å². The Bertz CT molecular complexity index is 1410. The third-order valence-electron chi connectivity index (χ3n) is 6.34. The van der Waals surface area contributed by atoms with Crippen LogP contribution in [0.25, 0.3) is 5.69 Å². The topological polar surface area (TPSA) is 71.4 Å². The Morgan fingerprint density at radius 2 is 1.95 bits per heavy atom. The number of amides is 1. The second kappa shape index (κ2) is 10.8. The minimum absolute atomic E-state index is 0.126. The summed E-state index contributed by atoms with van der Waals surface area (Å²) in [6.45, 7) is 0.337. The predicted molar refractivity (Wildman–Crippen MR) is 144 cm³/mol. The van der Waals surface area contributed by atoms with Crippen LogP contribution >= 0.6 is 12.2 Å². The van der Waals surface area contributed by atoms with Crippen molar-refractivity contribution in [3.63, 3.8) is 0 Å². The van der Waals surface area contributed by atoms with Gasteiger partial charge in [-0.25, -0.2) is 4.39 Å². The van der Waals surface area contributed by atoms with Gasteiger partial charge in [0, 0.05) is 42.8 Å². The lowest BCUT2D eigenvalue weighted by Gasteiger charge is -2.29. The van der Waals surface area contributed by atoms with Crippen LogP contribution in [0.4, 0.5) is 10.1 Å². The summed E-state index contributed by atoms with van der Waals surface area (Å²) in [4.78, 5) is 19.3. The molecule has 1 aliphatic heterocycles. The van der Waals surface area contributed by atoms with E-state index < -0.39 is 5.82 Å². The van der Waals surface area contributed by atoms with E-state index in [-0.39, 0.29) is 30.1 Å². The van der Waals surface area contributed by atoms with Crippen molar-refractivity contribution in [3.05, 3.63) is 108 Å². The first-order chi connectivity index (χ1) is 18.0. The number of rotatable bonds is 8. The molecule has 1 fully saturated rings. The van der Waals surface area contributed by atoms with Gasteiger partial charge >= 0.3 is 0 Å². The smallest absolute Gasteiger partial charge is 0.226 e. The van der Waals surface area contributed by atoms with Crippen LogP contribution in [-0.4, -0.2) is 39.1 Å². The highest BCUT2D eigenvalue weighted by molar-refractivity contribution is 7.80. The molecule has 2 N–H and O–H groups in total. The quantitative estimate of drug-likeness (QED) is 0.321. The van der Waals surface area contributed by atoms with Gasteiger partial charge in [0.25, 0.3) is 0 Å². The van der Waals surface area contributed by atoms with Crippen LogP contribution in [0.1, 0.15) is 29.9 Å². The molecule has 37 heavy (non-hydrogen) atoms. The van der Waals surface area contributed by atoms with Gasteiger partial charge in [-0.2, -0.15) is 0 Å². The van der Waals surface area contributed by atoms with Crippen LogP contribution in [0.5, 0.6) is 5.75 Å². The number of thiocarbonyl (C=S) groups is 1. The number of anilines is 1. The number of benzene rings is 2. The Morgan fingerprint density at radius 1 is 1.11 bits per heavy atom. The Morgan fingerprint density at radius 3 is 2.73 bits per heavy atom. The third kappa shape index (κ3) is 5.17. The van der Waals surface area contributed by atoms with Crippen molar-refractivity contribution < 1.29 is 13.9 Å². The van der Waals surface area contributed by atoms with E-state index in [4.69, 9.17) is 17.0 Å². The molecule has 0 spiro atoms. The molecule has 2 aromatic heterocycles. The zero-order chi connectivity index (χ0) is 25.8. The van der Waals surface area contributed by atoms with Crippen molar-refractivity contribution in [1.82, 2.24) is 19.8 Å². The second-order valence-electron chi connectivity index (χ2n) is 8.60. The molecule has 1 aliphatic rings. The molecule has 9 heteroatoms. The first-order valence-corrected chi connectivity index (χ1v) is 12.3. The lowest BCUT2D eigenvalue weighted by atomic mass is 10.0. The number of pyridine rings is 1. The molecule has 2 atom stereocenters. The summed E-state index contributed by atoms with van der Waals surface area (Å²) in [5.74, 6) is -0.0188. The highest BCUT2D eigenvalue weighted by Gasteiger charge is 2.41. The van der Waals surface area contributed by atoms with Crippen molar-refractivity contribution in [2.75, 3.05) is 19.0 Å². The lowest BCUT2D eigenvalue weighted by molar-refractivity contribution is -0.116. The van der Waals surface area contributed by atoms with Gasteiger partial charge in [-0.3, -0.25) is 9.78 Å². The Kier molecular flexibility index (Phi) is 7.14. The summed E-state index contributed by atoms with van der Waals surface area (Å²) < 4.78 is 21.5. The Balaban J connectivity index is 1.45. The average Bonchev–Trinajstić information content (AvgIpc) is 3.53. The summed E-state index contributed by atoms with van der Waals surface area (Å²) in [6.07, 6.45) is 3.87. The molecule has 1 saturated heterocycles. The fourth-order valence-corrected chi connectivity index (χ4v) is 4.93. The molecule has 0 saturated carbocycles. The summed E-state index contributed by atoms with van der Waals surface area (Å²) in [7, 11) is 1.64. The van der Waals surface area contributed by atoms with Gasteiger partial charge in [0.15, 0.2) is 5.11 Å². The molecule has 2 aromatic carbocycles. The van der Waals surface area contributed by atoms with E-state index >= 15 is 0 Å². The number of carbonyl (C=O) groups is 1. The lowest BCUT2D eigenvalue weighted by Crippen LogP contribution is -2.33. The first-order valence-electron chi connectivity index (χ1n) is 11.9. The zero-order valence-corrected chi connectivity index (χ0v) is 21.0. The summed E-state index contributed by atoms with van der Waals surface area (Å²) in [5, 5.41) is 6.59. The third-order valence-corrected chi connectivity index (χ3v) is 6.69. The zero-order valence-electron chi connectivity index (χ0n) is 20.2. The minimum Gasteiger partial charge on any atom is -0.497 e. The molecule has 188 valence electrons. The monoisotopic (exact) mass is 515 g/mol. The van der Waals surface area contributed by atoms with Crippen molar-refractivity contribution in [2.24, 2.45) is 0 Å². The number of hydrogen-bond acceptors (Lipinski definition) is 4. The van der Waals surface area contributed by atoms with E-state index in [9.17, 15) is 9.18 Å². The normalized spacial score (nSPS) is 16.9. The number of ether oxygens (including phenoxy) is 1. The standard InChI is InChI=1S/C28H26FN5O2S/c1-36-20-9-6-8-19(18-20)33-16-7-13-24(33)27-26(23-12-4-5-15-30-23)32-28(37)34(27)17-14-25(35)31-22-11-3-2-10-21(22)29/h2-13,15-16,18,26-27H,14,17H2,1H3,(H,31,35)(H,32,37)/t26-,27-/m0/s1. The SMILES string of the molecule is COc1cccc(-n2cccc2[C@H]2[C@H](c3ccccn3)NC(=S)N2CCC(=O)Nc2ccccc2F)c1. The average molecular weight is 516 g/mol. The first kappa shape index (κ1) is 24.5. The Hall–Kier alpha value is -4.24. The van der Waals surface area contributed by atoms with E-state index in [1.54, 1.807) is 25.4 Å². The van der Waals surface area contributed by atoms with Crippen LogP contribution in [0, 0.1) is 5.82 Å². The predicted octanol–water partition coefficient (Wildman–Crippen LogP) is 5.02. The van der Waals surface area contributed by atoms with Gasteiger partial charge in [0.2, 0.25) is 5.91 Å². The van der Waals surface area contributed by atoms with E-state index in [1.165, 1.54) is 12.1 Å². The maximum atomic E-state index is 14.0. The number of hydrogen-bond donors (Lipinski definition) is 2. The van der Waals surface area contributed by atoms with Gasteiger partial charge in [-0.05, 0) is 60.7 Å². The molecule has 1 amide bonds. The number of para-hydroxylation sites is 1. The van der Waals surface area contributed by atoms with Crippen molar-refractivity contribution in [1.29, 1.82) is 0 Å². The summed E-state index contributed by atoms with van der Waals surface area (Å²) >= 11 is 5.74. The van der Waals surface area contributed by atoms with Crippen molar-refractivity contribution >= 4 is 28.9 Å². The van der Waals surface area contributed by atoms with E-state index in [1.807, 2.05) is 65.7 Å². The van der Waals surface area contributed by atoms with E-state index in [2.05, 4.69) is 20.2 Å². The number of nitrogens with zero attached hydrogens (tertiary/aromatic N) is 3. The minimum atomic E-state index is -0.474. The molecule has 5 rings (SSSR count). The van der Waals surface area contributed by atoms with Crippen molar-refractivity contribution in [3.8, 4) is 11.4 Å². The molecular weight excluding hydrogens is 489 g/mol. The van der Waals surface area contributed by atoms with Crippen LogP contribution in [0.15, 0.2) is 91.3 Å². The largest absolute Gasteiger partial charge is 0.497 e. The van der Waals surface area contributed by atoms with Crippen LogP contribution < -0.4 is 15.4 Å². The maximum absolute atomic E-state index is 14.0. The van der Waals surface area contributed by atoms with Crippen molar-refractivity contribution in [2.45, 2.75) is 18.5 Å². The molecule has 4 aromatic rings. The molecule has 7 nitrogen and oxygen atoms in total. The summed E-state index contributed by atoms with van der Waals surface area (Å²) in [5.41, 5.74) is 2.91. The molecule has 0 unspecified atom stereocenters. The number of halogens is 1. The van der Waals surface area contributed by atoms with Crippen LogP contribution in [-0.2, 0) is 4.79 Å². The van der Waals surface area contributed by atoms with Gasteiger partial charge < -0.3 is 24.8 Å². The van der Waals surface area contributed by atoms with Crippen LogP contribution in [0.2, 0.25) is 0 Å². The van der Waals surface area contributed by atoms with E-state index in [0.29, 0.717) is 11.7 Å².